The number of ether oxygens (including phenoxy) is 2. The number of carbonyl (C=O) groups is 1. The minimum absolute atomic E-state index is 0.0966. The van der Waals surface area contributed by atoms with Gasteiger partial charge in [0.05, 0.1) is 13.0 Å². The second-order valence-corrected chi connectivity index (χ2v) is 4.01. The van der Waals surface area contributed by atoms with Crippen LogP contribution >= 0.6 is 0 Å². The Morgan fingerprint density at radius 1 is 1.12 bits per heavy atom. The largest absolute Gasteiger partial charge is 0.497 e. The standard InChI is InChI=1S/C13H18O3/c1-9(2)13(14)16-10(3)11-5-7-12(15-4)8-6-11/h5-10H,1-4H3. The van der Waals surface area contributed by atoms with Gasteiger partial charge >= 0.3 is 5.97 Å². The lowest BCUT2D eigenvalue weighted by Gasteiger charge is -2.15. The van der Waals surface area contributed by atoms with Gasteiger partial charge < -0.3 is 9.47 Å². The zero-order valence-corrected chi connectivity index (χ0v) is 10.2. The Hall–Kier alpha value is -1.51. The lowest BCUT2D eigenvalue weighted by Crippen LogP contribution is -2.14. The Bertz CT molecular complexity index is 341. The van der Waals surface area contributed by atoms with E-state index in [0.717, 1.165) is 11.3 Å². The Kier molecular flexibility index (Phi) is 4.35. The van der Waals surface area contributed by atoms with E-state index in [9.17, 15) is 4.79 Å². The quantitative estimate of drug-likeness (QED) is 0.735. The summed E-state index contributed by atoms with van der Waals surface area (Å²) in [6.07, 6.45) is -0.221. The van der Waals surface area contributed by atoms with E-state index >= 15 is 0 Å². The van der Waals surface area contributed by atoms with Gasteiger partial charge in [-0.25, -0.2) is 0 Å². The van der Waals surface area contributed by atoms with Crippen molar-refractivity contribution in [1.82, 2.24) is 0 Å². The summed E-state index contributed by atoms with van der Waals surface area (Å²) in [5.74, 6) is 0.523. The summed E-state index contributed by atoms with van der Waals surface area (Å²) in [5, 5.41) is 0. The number of esters is 1. The van der Waals surface area contributed by atoms with Crippen LogP contribution in [0.3, 0.4) is 0 Å². The van der Waals surface area contributed by atoms with Crippen LogP contribution in [0, 0.1) is 5.92 Å². The Morgan fingerprint density at radius 3 is 2.12 bits per heavy atom. The van der Waals surface area contributed by atoms with E-state index in [4.69, 9.17) is 9.47 Å². The number of hydrogen-bond donors (Lipinski definition) is 0. The van der Waals surface area contributed by atoms with Crippen molar-refractivity contribution >= 4 is 5.97 Å². The predicted molar refractivity (Wildman–Crippen MR) is 62.3 cm³/mol. The molecule has 0 aromatic heterocycles. The van der Waals surface area contributed by atoms with E-state index in [1.807, 2.05) is 45.0 Å². The van der Waals surface area contributed by atoms with Gasteiger partial charge in [0, 0.05) is 0 Å². The highest BCUT2D eigenvalue weighted by molar-refractivity contribution is 5.71. The topological polar surface area (TPSA) is 35.5 Å². The summed E-state index contributed by atoms with van der Waals surface area (Å²) in [4.78, 5) is 11.4. The molecule has 0 aliphatic carbocycles. The van der Waals surface area contributed by atoms with Crippen molar-refractivity contribution in [3.8, 4) is 5.75 Å². The molecule has 88 valence electrons. The van der Waals surface area contributed by atoms with Crippen molar-refractivity contribution < 1.29 is 14.3 Å². The lowest BCUT2D eigenvalue weighted by atomic mass is 10.1. The van der Waals surface area contributed by atoms with Gasteiger partial charge in [0.15, 0.2) is 0 Å². The first-order valence-electron chi connectivity index (χ1n) is 5.39. The Morgan fingerprint density at radius 2 is 1.69 bits per heavy atom. The first kappa shape index (κ1) is 12.6. The van der Waals surface area contributed by atoms with Crippen LogP contribution in [0.1, 0.15) is 32.4 Å². The van der Waals surface area contributed by atoms with Gasteiger partial charge in [0.1, 0.15) is 11.9 Å². The van der Waals surface area contributed by atoms with Gasteiger partial charge in [0.25, 0.3) is 0 Å². The molecular weight excluding hydrogens is 204 g/mol. The zero-order chi connectivity index (χ0) is 12.1. The number of hydrogen-bond acceptors (Lipinski definition) is 3. The Labute approximate surface area is 96.4 Å². The van der Waals surface area contributed by atoms with E-state index < -0.39 is 0 Å². The van der Waals surface area contributed by atoms with Gasteiger partial charge in [-0.3, -0.25) is 4.79 Å². The number of benzene rings is 1. The number of methoxy groups -OCH3 is 1. The summed E-state index contributed by atoms with van der Waals surface area (Å²) < 4.78 is 10.4. The fourth-order valence-corrected chi connectivity index (χ4v) is 1.25. The molecule has 1 atom stereocenters. The van der Waals surface area contributed by atoms with Crippen LogP contribution in [0.4, 0.5) is 0 Å². The third-order valence-electron chi connectivity index (χ3n) is 2.35. The Balaban J connectivity index is 2.65. The molecule has 1 aromatic rings. The van der Waals surface area contributed by atoms with Crippen LogP contribution in [-0.4, -0.2) is 13.1 Å². The summed E-state index contributed by atoms with van der Waals surface area (Å²) in [6.45, 7) is 5.51. The monoisotopic (exact) mass is 222 g/mol. The molecule has 0 saturated carbocycles. The average molecular weight is 222 g/mol. The molecule has 0 N–H and O–H groups in total. The molecule has 0 amide bonds. The summed E-state index contributed by atoms with van der Waals surface area (Å²) in [6, 6.07) is 7.51. The molecule has 1 aromatic carbocycles. The molecule has 0 fully saturated rings. The maximum absolute atomic E-state index is 11.4. The summed E-state index contributed by atoms with van der Waals surface area (Å²) >= 11 is 0. The van der Waals surface area contributed by atoms with Crippen LogP contribution in [0.5, 0.6) is 5.75 Å². The van der Waals surface area contributed by atoms with Gasteiger partial charge in [-0.1, -0.05) is 26.0 Å². The van der Waals surface area contributed by atoms with Crippen LogP contribution in [-0.2, 0) is 9.53 Å². The maximum atomic E-state index is 11.4. The first-order chi connectivity index (χ1) is 7.54. The molecule has 3 heteroatoms. The predicted octanol–water partition coefficient (Wildman–Crippen LogP) is 2.96. The molecular formula is C13H18O3. The maximum Gasteiger partial charge on any atom is 0.308 e. The molecule has 16 heavy (non-hydrogen) atoms. The molecule has 0 saturated heterocycles. The fourth-order valence-electron chi connectivity index (χ4n) is 1.25. The molecule has 1 rings (SSSR count). The minimum Gasteiger partial charge on any atom is -0.497 e. The highest BCUT2D eigenvalue weighted by Crippen LogP contribution is 2.21. The second kappa shape index (κ2) is 5.54. The van der Waals surface area contributed by atoms with E-state index in [1.54, 1.807) is 7.11 Å². The number of carbonyl (C=O) groups excluding carboxylic acids is 1. The van der Waals surface area contributed by atoms with Crippen LogP contribution in [0.15, 0.2) is 24.3 Å². The van der Waals surface area contributed by atoms with Crippen LogP contribution in [0.25, 0.3) is 0 Å². The molecule has 0 bridgehead atoms. The van der Waals surface area contributed by atoms with Crippen molar-refractivity contribution in [1.29, 1.82) is 0 Å². The molecule has 0 spiro atoms. The van der Waals surface area contributed by atoms with Crippen LogP contribution < -0.4 is 4.74 Å². The van der Waals surface area contributed by atoms with E-state index in [1.165, 1.54) is 0 Å². The molecule has 0 radical (unpaired) electrons. The van der Waals surface area contributed by atoms with Gasteiger partial charge in [-0.2, -0.15) is 0 Å². The summed E-state index contributed by atoms with van der Waals surface area (Å²) in [5.41, 5.74) is 0.967. The SMILES string of the molecule is COc1ccc(C(C)OC(=O)C(C)C)cc1. The third kappa shape index (κ3) is 3.26. The van der Waals surface area contributed by atoms with Crippen molar-refractivity contribution in [2.45, 2.75) is 26.9 Å². The molecule has 0 aliphatic heterocycles. The lowest BCUT2D eigenvalue weighted by molar-refractivity contribution is -0.152. The molecule has 1 unspecified atom stereocenters. The van der Waals surface area contributed by atoms with E-state index in [-0.39, 0.29) is 18.0 Å². The zero-order valence-electron chi connectivity index (χ0n) is 10.2. The van der Waals surface area contributed by atoms with E-state index in [0.29, 0.717) is 0 Å². The fraction of sp³-hybridized carbons (Fsp3) is 0.462. The molecule has 0 aliphatic rings. The molecule has 0 heterocycles. The molecule has 3 nitrogen and oxygen atoms in total. The van der Waals surface area contributed by atoms with Gasteiger partial charge in [0.2, 0.25) is 0 Å². The van der Waals surface area contributed by atoms with Crippen molar-refractivity contribution in [2.24, 2.45) is 5.92 Å². The van der Waals surface area contributed by atoms with Crippen molar-refractivity contribution in [3.05, 3.63) is 29.8 Å². The highest BCUT2D eigenvalue weighted by Gasteiger charge is 2.14. The van der Waals surface area contributed by atoms with Crippen molar-refractivity contribution in [2.75, 3.05) is 7.11 Å². The second-order valence-electron chi connectivity index (χ2n) is 4.01. The van der Waals surface area contributed by atoms with Crippen LogP contribution in [0.2, 0.25) is 0 Å². The average Bonchev–Trinajstić information content (AvgIpc) is 2.28. The normalized spacial score (nSPS) is 12.3. The first-order valence-corrected chi connectivity index (χ1v) is 5.39. The van der Waals surface area contributed by atoms with Crippen molar-refractivity contribution in [3.63, 3.8) is 0 Å². The van der Waals surface area contributed by atoms with Gasteiger partial charge in [-0.05, 0) is 24.6 Å². The smallest absolute Gasteiger partial charge is 0.308 e. The minimum atomic E-state index is -0.221. The highest BCUT2D eigenvalue weighted by atomic mass is 16.5. The summed E-state index contributed by atoms with van der Waals surface area (Å²) in [7, 11) is 1.62. The number of rotatable bonds is 4. The van der Waals surface area contributed by atoms with Gasteiger partial charge in [-0.15, -0.1) is 0 Å². The van der Waals surface area contributed by atoms with E-state index in [2.05, 4.69) is 0 Å². The third-order valence-corrected chi connectivity index (χ3v) is 2.35.